The van der Waals surface area contributed by atoms with Crippen LogP contribution in [-0.2, 0) is 11.3 Å². The molecule has 3 aromatic carbocycles. The molecule has 1 aliphatic heterocycles. The first-order chi connectivity index (χ1) is 13.6. The largest absolute Gasteiger partial charge is 0.293 e. The van der Waals surface area contributed by atoms with E-state index in [4.69, 9.17) is 0 Å². The second-order valence-corrected chi connectivity index (χ2v) is 7.75. The number of fused-ring (bicyclic) bond motifs is 1. The highest BCUT2D eigenvalue weighted by Gasteiger charge is 2.34. The molecule has 3 aromatic rings. The van der Waals surface area contributed by atoms with Gasteiger partial charge in [0.25, 0.3) is 5.91 Å². The van der Waals surface area contributed by atoms with Crippen molar-refractivity contribution in [3.8, 4) is 0 Å². The highest BCUT2D eigenvalue weighted by atomic mass is 79.9. The van der Waals surface area contributed by atoms with Gasteiger partial charge >= 0.3 is 0 Å². The molecule has 4 nitrogen and oxygen atoms in total. The molecule has 0 atom stereocenters. The number of para-hydroxylation sites is 1. The van der Waals surface area contributed by atoms with Crippen LogP contribution in [0.2, 0.25) is 0 Å². The molecule has 1 aliphatic rings. The maximum absolute atomic E-state index is 13.2. The number of amides is 1. The summed E-state index contributed by atoms with van der Waals surface area (Å²) < 4.78 is 0.938. The topological polar surface area (TPSA) is 35.9 Å². The SMILES string of the molecule is CN(Cc1ccccc1)CN1C(=O)C(=Nc2cccc(Br)c2)c2ccccc21. The number of carbonyl (C=O) groups excluding carboxylic acids is 1. The Bertz CT molecular complexity index is 1030. The summed E-state index contributed by atoms with van der Waals surface area (Å²) in [5.74, 6) is -0.0684. The van der Waals surface area contributed by atoms with Crippen LogP contribution in [0.3, 0.4) is 0 Å². The standard InChI is InChI=1S/C23H20BrN3O/c1-26(15-17-8-3-2-4-9-17)16-27-21-13-6-5-12-20(21)22(23(27)28)25-19-11-7-10-18(24)14-19/h2-14H,15-16H2,1H3. The van der Waals surface area contributed by atoms with Crippen molar-refractivity contribution in [2.24, 2.45) is 4.99 Å². The molecule has 28 heavy (non-hydrogen) atoms. The first kappa shape index (κ1) is 18.6. The number of anilines is 1. The maximum Gasteiger partial charge on any atom is 0.278 e. The van der Waals surface area contributed by atoms with E-state index in [-0.39, 0.29) is 5.91 Å². The van der Waals surface area contributed by atoms with E-state index in [1.54, 1.807) is 4.90 Å². The van der Waals surface area contributed by atoms with Crippen molar-refractivity contribution in [2.75, 3.05) is 18.6 Å². The van der Waals surface area contributed by atoms with Crippen LogP contribution in [0.4, 0.5) is 11.4 Å². The van der Waals surface area contributed by atoms with Crippen LogP contribution in [0, 0.1) is 0 Å². The van der Waals surface area contributed by atoms with E-state index in [2.05, 4.69) is 38.0 Å². The Hall–Kier alpha value is -2.76. The third-order valence-corrected chi connectivity index (χ3v) is 5.12. The Morgan fingerprint density at radius 1 is 0.964 bits per heavy atom. The molecule has 0 unspecified atom stereocenters. The molecular weight excluding hydrogens is 414 g/mol. The van der Waals surface area contributed by atoms with Crippen molar-refractivity contribution < 1.29 is 4.79 Å². The molecule has 0 aromatic heterocycles. The van der Waals surface area contributed by atoms with Crippen molar-refractivity contribution in [2.45, 2.75) is 6.54 Å². The minimum Gasteiger partial charge on any atom is -0.293 e. The van der Waals surface area contributed by atoms with Crippen molar-refractivity contribution in [3.05, 3.63) is 94.5 Å². The van der Waals surface area contributed by atoms with E-state index in [1.165, 1.54) is 5.56 Å². The molecule has 0 spiro atoms. The average Bonchev–Trinajstić information content (AvgIpc) is 2.95. The smallest absolute Gasteiger partial charge is 0.278 e. The fraction of sp³-hybridized carbons (Fsp3) is 0.130. The predicted molar refractivity (Wildman–Crippen MR) is 117 cm³/mol. The van der Waals surface area contributed by atoms with E-state index in [9.17, 15) is 4.79 Å². The molecule has 0 bridgehead atoms. The molecule has 140 valence electrons. The molecule has 0 aliphatic carbocycles. The van der Waals surface area contributed by atoms with Gasteiger partial charge in [0.05, 0.1) is 18.0 Å². The molecule has 0 fully saturated rings. The summed E-state index contributed by atoms with van der Waals surface area (Å²) in [5.41, 5.74) is 4.24. The monoisotopic (exact) mass is 433 g/mol. The lowest BCUT2D eigenvalue weighted by Crippen LogP contribution is -2.39. The van der Waals surface area contributed by atoms with Crippen molar-refractivity contribution >= 4 is 38.9 Å². The lowest BCUT2D eigenvalue weighted by atomic mass is 10.1. The van der Waals surface area contributed by atoms with E-state index < -0.39 is 0 Å². The van der Waals surface area contributed by atoms with Gasteiger partial charge in [-0.2, -0.15) is 0 Å². The van der Waals surface area contributed by atoms with E-state index >= 15 is 0 Å². The third-order valence-electron chi connectivity index (χ3n) is 4.62. The first-order valence-corrected chi connectivity index (χ1v) is 9.89. The van der Waals surface area contributed by atoms with Gasteiger partial charge in [0, 0.05) is 16.6 Å². The van der Waals surface area contributed by atoms with Gasteiger partial charge in [-0.05, 0) is 36.9 Å². The quantitative estimate of drug-likeness (QED) is 0.566. The number of rotatable bonds is 5. The zero-order chi connectivity index (χ0) is 19.5. The van der Waals surface area contributed by atoms with Gasteiger partial charge in [-0.25, -0.2) is 4.99 Å². The van der Waals surface area contributed by atoms with Gasteiger partial charge in [-0.15, -0.1) is 0 Å². The third kappa shape index (κ3) is 3.91. The highest BCUT2D eigenvalue weighted by Crippen LogP contribution is 2.31. The number of benzene rings is 3. The molecule has 0 radical (unpaired) electrons. The molecule has 5 heteroatoms. The summed E-state index contributed by atoms with van der Waals surface area (Å²) in [6.07, 6.45) is 0. The zero-order valence-corrected chi connectivity index (χ0v) is 17.1. The Kier molecular flexibility index (Phi) is 5.37. The van der Waals surface area contributed by atoms with Gasteiger partial charge in [-0.3, -0.25) is 14.6 Å². The van der Waals surface area contributed by atoms with Gasteiger partial charge < -0.3 is 0 Å². The maximum atomic E-state index is 13.2. The van der Waals surface area contributed by atoms with E-state index in [0.29, 0.717) is 12.4 Å². The number of nitrogens with zero attached hydrogens (tertiary/aromatic N) is 3. The Balaban J connectivity index is 1.61. The lowest BCUT2D eigenvalue weighted by Gasteiger charge is -2.24. The molecule has 1 heterocycles. The fourth-order valence-corrected chi connectivity index (χ4v) is 3.76. The molecular formula is C23H20BrN3O. The number of halogens is 1. The number of aliphatic imine (C=N–C) groups is 1. The van der Waals surface area contributed by atoms with Gasteiger partial charge in [0.1, 0.15) is 5.71 Å². The zero-order valence-electron chi connectivity index (χ0n) is 15.5. The van der Waals surface area contributed by atoms with Gasteiger partial charge in [-0.1, -0.05) is 70.5 Å². The summed E-state index contributed by atoms with van der Waals surface area (Å²) in [6.45, 7) is 1.27. The first-order valence-electron chi connectivity index (χ1n) is 9.10. The second kappa shape index (κ2) is 8.09. The summed E-state index contributed by atoms with van der Waals surface area (Å²) in [4.78, 5) is 21.8. The van der Waals surface area contributed by atoms with Crippen LogP contribution < -0.4 is 4.90 Å². The summed E-state index contributed by atoms with van der Waals surface area (Å²) in [7, 11) is 2.02. The Morgan fingerprint density at radius 2 is 1.71 bits per heavy atom. The Morgan fingerprint density at radius 3 is 2.50 bits per heavy atom. The number of hydrogen-bond acceptors (Lipinski definition) is 3. The van der Waals surface area contributed by atoms with Crippen molar-refractivity contribution in [1.29, 1.82) is 0 Å². The summed E-state index contributed by atoms with van der Waals surface area (Å²) in [5, 5.41) is 0. The molecule has 1 amide bonds. The number of carbonyl (C=O) groups is 1. The summed E-state index contributed by atoms with van der Waals surface area (Å²) in [6, 6.07) is 25.8. The molecule has 4 rings (SSSR count). The normalized spacial score (nSPS) is 14.8. The highest BCUT2D eigenvalue weighted by molar-refractivity contribution is 9.10. The van der Waals surface area contributed by atoms with Crippen LogP contribution in [0.1, 0.15) is 11.1 Å². The fourth-order valence-electron chi connectivity index (χ4n) is 3.37. The average molecular weight is 434 g/mol. The van der Waals surface area contributed by atoms with E-state index in [1.807, 2.05) is 73.8 Å². The minimum atomic E-state index is -0.0684. The van der Waals surface area contributed by atoms with Gasteiger partial charge in [0.2, 0.25) is 0 Å². The summed E-state index contributed by atoms with van der Waals surface area (Å²) >= 11 is 3.46. The molecule has 0 saturated carbocycles. The van der Waals surface area contributed by atoms with Crippen molar-refractivity contribution in [1.82, 2.24) is 4.90 Å². The minimum absolute atomic E-state index is 0.0684. The second-order valence-electron chi connectivity index (χ2n) is 6.83. The lowest BCUT2D eigenvalue weighted by molar-refractivity contribution is -0.112. The van der Waals surface area contributed by atoms with Crippen LogP contribution in [0.15, 0.2) is 88.3 Å². The molecule has 0 N–H and O–H groups in total. The van der Waals surface area contributed by atoms with Crippen LogP contribution in [-0.4, -0.2) is 30.2 Å². The van der Waals surface area contributed by atoms with Gasteiger partial charge in [0.15, 0.2) is 0 Å². The predicted octanol–water partition coefficient (Wildman–Crippen LogP) is 5.01. The Labute approximate surface area is 173 Å². The van der Waals surface area contributed by atoms with Crippen molar-refractivity contribution in [3.63, 3.8) is 0 Å². The van der Waals surface area contributed by atoms with Crippen LogP contribution in [0.5, 0.6) is 0 Å². The van der Waals surface area contributed by atoms with E-state index in [0.717, 1.165) is 28.0 Å². The van der Waals surface area contributed by atoms with Crippen LogP contribution >= 0.6 is 15.9 Å². The number of hydrogen-bond donors (Lipinski definition) is 0. The van der Waals surface area contributed by atoms with Crippen LogP contribution in [0.25, 0.3) is 0 Å². The molecule has 0 saturated heterocycles.